The van der Waals surface area contributed by atoms with Crippen LogP contribution in [0.25, 0.3) is 11.1 Å². The van der Waals surface area contributed by atoms with Crippen molar-refractivity contribution in [3.8, 4) is 11.1 Å². The predicted molar refractivity (Wildman–Crippen MR) is 126 cm³/mol. The van der Waals surface area contributed by atoms with E-state index in [9.17, 15) is 9.90 Å². The highest BCUT2D eigenvalue weighted by Crippen LogP contribution is 2.47. The Morgan fingerprint density at radius 1 is 1.03 bits per heavy atom. The standard InChI is InChI=1S/C28H33NO4/c1-27(17-32-18-27)16-28(31)13-19-7-6-8-20(14-28)29(19)26(30)33-15-25-23-11-4-2-9-21(23)22-10-3-5-12-24(22)25/h2-5,9-12,19-20,25,31H,6-8,13-18H2,1H3. The maximum Gasteiger partial charge on any atom is 0.410 e. The number of aliphatic hydroxyl groups is 1. The van der Waals surface area contributed by atoms with E-state index in [1.165, 1.54) is 22.3 Å². The van der Waals surface area contributed by atoms with Crippen LogP contribution in [0.15, 0.2) is 48.5 Å². The van der Waals surface area contributed by atoms with Crippen molar-refractivity contribution in [2.75, 3.05) is 19.8 Å². The maximum atomic E-state index is 13.4. The van der Waals surface area contributed by atoms with Gasteiger partial charge in [-0.3, -0.25) is 0 Å². The van der Waals surface area contributed by atoms with Crippen molar-refractivity contribution in [3.63, 3.8) is 0 Å². The second-order valence-electron chi connectivity index (χ2n) is 11.1. The molecule has 2 aromatic carbocycles. The summed E-state index contributed by atoms with van der Waals surface area (Å²) in [5, 5.41) is 11.5. The number of rotatable bonds is 4. The van der Waals surface area contributed by atoms with Crippen molar-refractivity contribution < 1.29 is 19.4 Å². The molecule has 0 spiro atoms. The van der Waals surface area contributed by atoms with Crippen LogP contribution in [0.3, 0.4) is 0 Å². The first-order valence-electron chi connectivity index (χ1n) is 12.4. The van der Waals surface area contributed by atoms with Gasteiger partial charge in [-0.05, 0) is 60.8 Å². The van der Waals surface area contributed by atoms with E-state index in [0.717, 1.165) is 38.9 Å². The molecule has 0 saturated carbocycles. The number of amides is 1. The van der Waals surface area contributed by atoms with Gasteiger partial charge in [-0.15, -0.1) is 0 Å². The molecule has 6 rings (SSSR count). The SMILES string of the molecule is CC1(CC2(O)CC3CCCC(C2)N3C(=O)OCC2c3ccccc3-c3ccccc32)COC1. The Labute approximate surface area is 195 Å². The number of carbonyl (C=O) groups excluding carboxylic acids is 1. The monoisotopic (exact) mass is 447 g/mol. The Kier molecular flexibility index (Phi) is 5.04. The van der Waals surface area contributed by atoms with Gasteiger partial charge in [-0.25, -0.2) is 4.79 Å². The van der Waals surface area contributed by atoms with Gasteiger partial charge in [0.1, 0.15) is 6.61 Å². The van der Waals surface area contributed by atoms with E-state index in [2.05, 4.69) is 55.5 Å². The van der Waals surface area contributed by atoms with Gasteiger partial charge in [0.05, 0.1) is 18.8 Å². The Bertz CT molecular complexity index is 1000. The van der Waals surface area contributed by atoms with Gasteiger partial charge in [0, 0.05) is 23.4 Å². The highest BCUT2D eigenvalue weighted by Gasteiger charge is 2.51. The van der Waals surface area contributed by atoms with E-state index in [4.69, 9.17) is 9.47 Å². The van der Waals surface area contributed by atoms with E-state index >= 15 is 0 Å². The van der Waals surface area contributed by atoms with Crippen molar-refractivity contribution in [3.05, 3.63) is 59.7 Å². The maximum absolute atomic E-state index is 13.4. The largest absolute Gasteiger partial charge is 0.448 e. The molecule has 2 atom stereocenters. The third-order valence-electron chi connectivity index (χ3n) is 8.30. The fraction of sp³-hybridized carbons (Fsp3) is 0.536. The third-order valence-corrected chi connectivity index (χ3v) is 8.30. The highest BCUT2D eigenvalue weighted by atomic mass is 16.6. The molecule has 4 aliphatic rings. The highest BCUT2D eigenvalue weighted by molar-refractivity contribution is 5.79. The first-order chi connectivity index (χ1) is 15.9. The lowest BCUT2D eigenvalue weighted by Gasteiger charge is -2.54. The van der Waals surface area contributed by atoms with Gasteiger partial charge in [-0.1, -0.05) is 55.5 Å². The fourth-order valence-electron chi connectivity index (χ4n) is 6.98. The van der Waals surface area contributed by atoms with Crippen LogP contribution in [-0.2, 0) is 9.47 Å². The molecule has 174 valence electrons. The molecule has 3 saturated heterocycles. The molecular weight excluding hydrogens is 414 g/mol. The van der Waals surface area contributed by atoms with E-state index in [0.29, 0.717) is 19.4 Å². The lowest BCUT2D eigenvalue weighted by Crippen LogP contribution is -2.61. The molecule has 2 unspecified atom stereocenters. The first-order valence-corrected chi connectivity index (χ1v) is 12.4. The van der Waals surface area contributed by atoms with Crippen LogP contribution in [-0.4, -0.2) is 53.6 Å². The normalized spacial score (nSPS) is 29.7. The quantitative estimate of drug-likeness (QED) is 0.708. The number of carbonyl (C=O) groups is 1. The van der Waals surface area contributed by atoms with Crippen molar-refractivity contribution in [1.82, 2.24) is 4.90 Å². The molecule has 3 fully saturated rings. The number of fused-ring (bicyclic) bond motifs is 5. The summed E-state index contributed by atoms with van der Waals surface area (Å²) in [6.45, 7) is 3.99. The third kappa shape index (κ3) is 3.66. The van der Waals surface area contributed by atoms with Gasteiger partial charge in [0.2, 0.25) is 0 Å². The summed E-state index contributed by atoms with van der Waals surface area (Å²) in [6.07, 6.45) is 4.82. The lowest BCUT2D eigenvalue weighted by molar-refractivity contribution is -0.165. The zero-order chi connectivity index (χ0) is 22.6. The summed E-state index contributed by atoms with van der Waals surface area (Å²) >= 11 is 0. The minimum Gasteiger partial charge on any atom is -0.448 e. The van der Waals surface area contributed by atoms with Crippen molar-refractivity contribution >= 4 is 6.09 Å². The van der Waals surface area contributed by atoms with Crippen LogP contribution < -0.4 is 0 Å². The summed E-state index contributed by atoms with van der Waals surface area (Å²) < 4.78 is 11.4. The van der Waals surface area contributed by atoms with Crippen molar-refractivity contribution in [2.24, 2.45) is 5.41 Å². The Morgan fingerprint density at radius 3 is 2.15 bits per heavy atom. The number of benzene rings is 2. The van der Waals surface area contributed by atoms with Gasteiger partial charge in [0.25, 0.3) is 0 Å². The average Bonchev–Trinajstić information content (AvgIpc) is 3.09. The Morgan fingerprint density at radius 2 is 1.61 bits per heavy atom. The van der Waals surface area contributed by atoms with Crippen molar-refractivity contribution in [2.45, 2.75) is 69.1 Å². The molecule has 3 aliphatic heterocycles. The number of nitrogens with zero attached hydrogens (tertiary/aromatic N) is 1. The molecule has 33 heavy (non-hydrogen) atoms. The summed E-state index contributed by atoms with van der Waals surface area (Å²) in [6, 6.07) is 17.0. The van der Waals surface area contributed by atoms with Crippen molar-refractivity contribution in [1.29, 1.82) is 0 Å². The average molecular weight is 448 g/mol. The lowest BCUT2D eigenvalue weighted by atomic mass is 9.68. The Hall–Kier alpha value is -2.37. The van der Waals surface area contributed by atoms with E-state index in [-0.39, 0.29) is 29.5 Å². The van der Waals surface area contributed by atoms with Crippen LogP contribution in [0.4, 0.5) is 4.79 Å². The molecule has 0 radical (unpaired) electrons. The second-order valence-corrected chi connectivity index (χ2v) is 11.1. The minimum absolute atomic E-state index is 0.0581. The summed E-state index contributed by atoms with van der Waals surface area (Å²) in [5.41, 5.74) is 4.29. The molecule has 3 heterocycles. The predicted octanol–water partition coefficient (Wildman–Crippen LogP) is 5.11. The molecule has 5 heteroatoms. The van der Waals surface area contributed by atoms with Gasteiger partial charge >= 0.3 is 6.09 Å². The zero-order valence-corrected chi connectivity index (χ0v) is 19.3. The number of piperidine rings is 2. The van der Waals surface area contributed by atoms with Crippen LogP contribution in [0.5, 0.6) is 0 Å². The molecule has 0 aromatic heterocycles. The van der Waals surface area contributed by atoms with Gasteiger partial charge in [-0.2, -0.15) is 0 Å². The fourth-order valence-corrected chi connectivity index (χ4v) is 6.98. The number of hydrogen-bond acceptors (Lipinski definition) is 4. The van der Waals surface area contributed by atoms with E-state index in [1.807, 2.05) is 4.90 Å². The van der Waals surface area contributed by atoms with E-state index < -0.39 is 5.60 Å². The zero-order valence-electron chi connectivity index (χ0n) is 19.3. The summed E-state index contributed by atoms with van der Waals surface area (Å²) in [5.74, 6) is 0.0708. The number of hydrogen-bond donors (Lipinski definition) is 1. The molecular formula is C28H33NO4. The summed E-state index contributed by atoms with van der Waals surface area (Å²) in [7, 11) is 0. The molecule has 1 N–H and O–H groups in total. The van der Waals surface area contributed by atoms with Crippen LogP contribution in [0, 0.1) is 5.41 Å². The summed E-state index contributed by atoms with van der Waals surface area (Å²) in [4.78, 5) is 15.3. The topological polar surface area (TPSA) is 59.0 Å². The second kappa shape index (κ2) is 7.85. The van der Waals surface area contributed by atoms with Crippen LogP contribution >= 0.6 is 0 Å². The molecule has 2 bridgehead atoms. The van der Waals surface area contributed by atoms with Gasteiger partial charge < -0.3 is 19.5 Å². The van der Waals surface area contributed by atoms with E-state index in [1.54, 1.807) is 0 Å². The van der Waals surface area contributed by atoms with Crippen LogP contribution in [0.1, 0.15) is 62.5 Å². The molecule has 1 aliphatic carbocycles. The van der Waals surface area contributed by atoms with Gasteiger partial charge in [0.15, 0.2) is 0 Å². The van der Waals surface area contributed by atoms with Crippen LogP contribution in [0.2, 0.25) is 0 Å². The molecule has 2 aromatic rings. The Balaban J connectivity index is 1.17. The minimum atomic E-state index is -0.714. The first kappa shape index (κ1) is 21.2. The number of ether oxygens (including phenoxy) is 2. The molecule has 5 nitrogen and oxygen atoms in total. The smallest absolute Gasteiger partial charge is 0.410 e. The molecule has 1 amide bonds.